The number of aliphatic hydroxyl groups is 1. The smallest absolute Gasteiger partial charge is 0.0589 e. The van der Waals surface area contributed by atoms with Crippen molar-refractivity contribution in [2.24, 2.45) is 0 Å². The molecule has 2 N–H and O–H groups in total. The second-order valence-electron chi connectivity index (χ2n) is 5.31. The molecule has 1 heterocycles. The molecule has 0 saturated heterocycles. The highest BCUT2D eigenvalue weighted by atomic mass is 32.2. The number of hydrogen-bond donors (Lipinski definition) is 2. The Bertz CT molecular complexity index is 360. The average molecular weight is 267 g/mol. The highest BCUT2D eigenvalue weighted by Gasteiger charge is 2.11. The molecule has 3 heteroatoms. The third-order valence-electron chi connectivity index (χ3n) is 2.95. The first-order valence-electron chi connectivity index (χ1n) is 6.64. The minimum absolute atomic E-state index is 0.458. The quantitative estimate of drug-likeness (QED) is 0.801. The van der Waals surface area contributed by atoms with Crippen LogP contribution in [0.4, 0.5) is 5.69 Å². The van der Waals surface area contributed by atoms with Crippen LogP contribution in [0.2, 0.25) is 0 Å². The molecule has 1 aliphatic rings. The minimum Gasteiger partial charge on any atom is -0.390 e. The van der Waals surface area contributed by atoms with Crippen LogP contribution in [0.3, 0.4) is 0 Å². The van der Waals surface area contributed by atoms with Crippen molar-refractivity contribution in [1.82, 2.24) is 0 Å². The Balaban J connectivity index is 0.000000232. The Morgan fingerprint density at radius 2 is 2.00 bits per heavy atom. The fourth-order valence-corrected chi connectivity index (χ4v) is 2.49. The molecule has 0 aromatic heterocycles. The normalized spacial score (nSPS) is 18.8. The largest absolute Gasteiger partial charge is 0.390 e. The van der Waals surface area contributed by atoms with Gasteiger partial charge in [-0.25, -0.2) is 0 Å². The molecule has 1 aromatic carbocycles. The number of thioether (sulfide) groups is 1. The van der Waals surface area contributed by atoms with Crippen molar-refractivity contribution in [2.45, 2.75) is 56.3 Å². The van der Waals surface area contributed by atoms with Crippen LogP contribution >= 0.6 is 11.8 Å². The van der Waals surface area contributed by atoms with Gasteiger partial charge in [-0.05, 0) is 38.8 Å². The van der Waals surface area contributed by atoms with E-state index in [1.807, 2.05) is 18.7 Å². The molecule has 2 rings (SSSR count). The summed E-state index contributed by atoms with van der Waals surface area (Å²) in [5.74, 6) is 0. The predicted octanol–water partition coefficient (Wildman–Crippen LogP) is 4.15. The summed E-state index contributed by atoms with van der Waals surface area (Å²) in [4.78, 5) is 1.39. The number of hydrogen-bond acceptors (Lipinski definition) is 3. The van der Waals surface area contributed by atoms with Gasteiger partial charge in [0.2, 0.25) is 0 Å². The molecule has 18 heavy (non-hydrogen) atoms. The first-order valence-corrected chi connectivity index (χ1v) is 7.52. The zero-order valence-corrected chi connectivity index (χ0v) is 12.7. The molecule has 1 aliphatic heterocycles. The first-order chi connectivity index (χ1) is 8.42. The molecule has 0 aliphatic carbocycles. The summed E-state index contributed by atoms with van der Waals surface area (Å²) < 4.78 is 0. The van der Waals surface area contributed by atoms with Gasteiger partial charge in [-0.2, -0.15) is 0 Å². The van der Waals surface area contributed by atoms with Gasteiger partial charge in [-0.1, -0.05) is 26.0 Å². The van der Waals surface area contributed by atoms with Gasteiger partial charge in [0.1, 0.15) is 0 Å². The van der Waals surface area contributed by atoms with Crippen LogP contribution in [0, 0.1) is 0 Å². The lowest BCUT2D eigenvalue weighted by atomic mass is 10.1. The van der Waals surface area contributed by atoms with Crippen molar-refractivity contribution in [3.05, 3.63) is 24.3 Å². The minimum atomic E-state index is -0.458. The summed E-state index contributed by atoms with van der Waals surface area (Å²) in [6.45, 7) is 8.94. The third-order valence-corrected chi connectivity index (χ3v) is 4.19. The molecule has 0 saturated carbocycles. The fourth-order valence-electron chi connectivity index (χ4n) is 1.40. The van der Waals surface area contributed by atoms with E-state index in [9.17, 15) is 0 Å². The van der Waals surface area contributed by atoms with Crippen LogP contribution in [0.25, 0.3) is 0 Å². The molecule has 1 atom stereocenters. The Labute approximate surface area is 115 Å². The van der Waals surface area contributed by atoms with Crippen molar-refractivity contribution in [3.8, 4) is 0 Å². The molecule has 0 amide bonds. The summed E-state index contributed by atoms with van der Waals surface area (Å²) in [5, 5.41) is 13.0. The van der Waals surface area contributed by atoms with Crippen LogP contribution in [0.5, 0.6) is 0 Å². The van der Waals surface area contributed by atoms with Crippen molar-refractivity contribution in [1.29, 1.82) is 0 Å². The molecule has 0 radical (unpaired) electrons. The highest BCUT2D eigenvalue weighted by Crippen LogP contribution is 2.33. The summed E-state index contributed by atoms with van der Waals surface area (Å²) in [6.07, 6.45) is 2.08. The van der Waals surface area contributed by atoms with Crippen LogP contribution in [0.1, 0.15) is 40.5 Å². The fraction of sp³-hybridized carbons (Fsp3) is 0.600. The third kappa shape index (κ3) is 5.78. The van der Waals surface area contributed by atoms with E-state index in [1.165, 1.54) is 17.0 Å². The van der Waals surface area contributed by atoms with Crippen molar-refractivity contribution in [3.63, 3.8) is 0 Å². The molecular weight excluding hydrogens is 242 g/mol. The summed E-state index contributed by atoms with van der Waals surface area (Å²) in [5.41, 5.74) is 0.840. The van der Waals surface area contributed by atoms with Gasteiger partial charge in [0.05, 0.1) is 5.60 Å². The number of para-hydroxylation sites is 1. The maximum absolute atomic E-state index is 8.83. The van der Waals surface area contributed by atoms with Gasteiger partial charge in [0.15, 0.2) is 0 Å². The van der Waals surface area contributed by atoms with Gasteiger partial charge < -0.3 is 10.4 Å². The number of rotatable bonds is 1. The predicted molar refractivity (Wildman–Crippen MR) is 81.5 cm³/mol. The average Bonchev–Trinajstić information content (AvgIpc) is 2.49. The topological polar surface area (TPSA) is 32.3 Å². The van der Waals surface area contributed by atoms with Gasteiger partial charge in [-0.3, -0.25) is 0 Å². The molecule has 0 fully saturated rings. The number of benzene rings is 1. The Hall–Kier alpha value is -0.670. The molecule has 0 spiro atoms. The second-order valence-corrected chi connectivity index (χ2v) is 6.79. The van der Waals surface area contributed by atoms with E-state index in [-0.39, 0.29) is 0 Å². The molecule has 0 bridgehead atoms. The lowest BCUT2D eigenvalue weighted by Gasteiger charge is -2.11. The van der Waals surface area contributed by atoms with Crippen molar-refractivity contribution >= 4 is 17.4 Å². The van der Waals surface area contributed by atoms with E-state index in [4.69, 9.17) is 5.11 Å². The summed E-state index contributed by atoms with van der Waals surface area (Å²) >= 11 is 1.97. The van der Waals surface area contributed by atoms with Gasteiger partial charge >= 0.3 is 0 Å². The van der Waals surface area contributed by atoms with Crippen molar-refractivity contribution < 1.29 is 5.11 Å². The van der Waals surface area contributed by atoms with Crippen LogP contribution in [-0.2, 0) is 0 Å². The van der Waals surface area contributed by atoms with Crippen LogP contribution < -0.4 is 5.32 Å². The van der Waals surface area contributed by atoms with Gasteiger partial charge in [-0.15, -0.1) is 11.8 Å². The standard InChI is InChI=1S/C10H13NS.C5H12O/c1-8-6-7-11-9-4-2-3-5-10(9)12-8;1-4-5(2,3)6/h2-5,8,11H,6-7H2,1H3;6H,4H2,1-3H3. The number of anilines is 1. The van der Waals surface area contributed by atoms with E-state index in [0.717, 1.165) is 18.2 Å². The lowest BCUT2D eigenvalue weighted by Crippen LogP contribution is -2.15. The molecule has 102 valence electrons. The summed E-state index contributed by atoms with van der Waals surface area (Å²) in [6, 6.07) is 8.53. The summed E-state index contributed by atoms with van der Waals surface area (Å²) in [7, 11) is 0. The van der Waals surface area contributed by atoms with Gasteiger partial charge in [0, 0.05) is 22.4 Å². The lowest BCUT2D eigenvalue weighted by molar-refractivity contribution is 0.0765. The van der Waals surface area contributed by atoms with Crippen LogP contribution in [-0.4, -0.2) is 22.5 Å². The zero-order valence-electron chi connectivity index (χ0n) is 11.9. The van der Waals surface area contributed by atoms with Crippen molar-refractivity contribution in [2.75, 3.05) is 11.9 Å². The monoisotopic (exact) mass is 267 g/mol. The zero-order chi connectivity index (χ0) is 13.6. The molecule has 1 aromatic rings. The highest BCUT2D eigenvalue weighted by molar-refractivity contribution is 8.00. The molecule has 1 unspecified atom stereocenters. The van der Waals surface area contributed by atoms with E-state index in [0.29, 0.717) is 0 Å². The molecular formula is C15H25NOS. The Kier molecular flexibility index (Phi) is 6.03. The first kappa shape index (κ1) is 15.4. The maximum atomic E-state index is 8.83. The second kappa shape index (κ2) is 7.05. The van der Waals surface area contributed by atoms with Gasteiger partial charge in [0.25, 0.3) is 0 Å². The van der Waals surface area contributed by atoms with E-state index < -0.39 is 5.60 Å². The van der Waals surface area contributed by atoms with Crippen LogP contribution in [0.15, 0.2) is 29.2 Å². The maximum Gasteiger partial charge on any atom is 0.0589 e. The van der Waals surface area contributed by atoms with E-state index in [1.54, 1.807) is 13.8 Å². The Morgan fingerprint density at radius 1 is 1.39 bits per heavy atom. The van der Waals surface area contributed by atoms with E-state index >= 15 is 0 Å². The molecule has 2 nitrogen and oxygen atoms in total. The SMILES string of the molecule is CC1CCNc2ccccc2S1.CCC(C)(C)O. The number of nitrogens with one attached hydrogen (secondary N) is 1. The number of fused-ring (bicyclic) bond motifs is 1. The van der Waals surface area contributed by atoms with E-state index in [2.05, 4.69) is 36.5 Å². The Morgan fingerprint density at radius 3 is 2.61 bits per heavy atom.